The van der Waals surface area contributed by atoms with Crippen LogP contribution in [0.1, 0.15) is 23.0 Å². The maximum Gasteiger partial charge on any atom is 0.349 e. The van der Waals surface area contributed by atoms with E-state index in [-0.39, 0.29) is 6.61 Å². The molecule has 0 aliphatic carbocycles. The number of carbonyl (C=O) groups is 1. The van der Waals surface area contributed by atoms with Crippen LogP contribution in [0.4, 0.5) is 4.39 Å². The first-order valence-corrected chi connectivity index (χ1v) is 7.04. The lowest BCUT2D eigenvalue weighted by atomic mass is 10.4. The van der Waals surface area contributed by atoms with Gasteiger partial charge in [0.15, 0.2) is 10.7 Å². The van der Waals surface area contributed by atoms with Crippen LogP contribution in [0.5, 0.6) is 0 Å². The van der Waals surface area contributed by atoms with E-state index in [1.54, 1.807) is 6.92 Å². The Morgan fingerprint density at radius 2 is 2.28 bits per heavy atom. The molecule has 18 heavy (non-hydrogen) atoms. The lowest BCUT2D eigenvalue weighted by Crippen LogP contribution is -2.09. The molecule has 0 aromatic carbocycles. The highest BCUT2D eigenvalue weighted by Gasteiger charge is 2.29. The minimum atomic E-state index is -4.56. The maximum atomic E-state index is 13.3. The summed E-state index contributed by atoms with van der Waals surface area (Å²) in [5.74, 6) is -2.12. The van der Waals surface area contributed by atoms with E-state index < -0.39 is 31.6 Å². The SMILES string of the molecule is CCCOC(=O)c1scc(F)c1S(=O)(=O)N=C=O. The Morgan fingerprint density at radius 3 is 2.83 bits per heavy atom. The number of isocyanates is 1. The number of nitrogens with zero attached hydrogens (tertiary/aromatic N) is 1. The lowest BCUT2D eigenvalue weighted by molar-refractivity contribution is 0.0506. The van der Waals surface area contributed by atoms with Crippen LogP contribution in [0, 0.1) is 5.82 Å². The first kappa shape index (κ1) is 14.5. The predicted octanol–water partition coefficient (Wildman–Crippen LogP) is 1.48. The molecule has 6 nitrogen and oxygen atoms in total. The van der Waals surface area contributed by atoms with Gasteiger partial charge in [0.1, 0.15) is 4.88 Å². The molecule has 0 aliphatic heterocycles. The molecule has 0 fully saturated rings. The normalized spacial score (nSPS) is 10.8. The van der Waals surface area contributed by atoms with Gasteiger partial charge in [0.05, 0.1) is 6.61 Å². The summed E-state index contributed by atoms with van der Waals surface area (Å²) in [5.41, 5.74) is 0. The fourth-order valence-electron chi connectivity index (χ4n) is 1.06. The Morgan fingerprint density at radius 1 is 1.61 bits per heavy atom. The fourth-order valence-corrected chi connectivity index (χ4v) is 3.11. The average Bonchev–Trinajstić information content (AvgIpc) is 2.68. The van der Waals surface area contributed by atoms with Crippen molar-refractivity contribution in [3.8, 4) is 0 Å². The molecular formula is C9H8FNO5S2. The third-order valence-electron chi connectivity index (χ3n) is 1.74. The van der Waals surface area contributed by atoms with Gasteiger partial charge in [-0.25, -0.2) is 14.0 Å². The highest BCUT2D eigenvalue weighted by atomic mass is 32.2. The maximum absolute atomic E-state index is 13.3. The van der Waals surface area contributed by atoms with Crippen molar-refractivity contribution in [2.75, 3.05) is 6.61 Å². The smallest absolute Gasteiger partial charge is 0.349 e. The Labute approximate surface area is 106 Å². The minimum absolute atomic E-state index is 0.0782. The van der Waals surface area contributed by atoms with E-state index in [0.717, 1.165) is 11.5 Å². The highest BCUT2D eigenvalue weighted by molar-refractivity contribution is 7.90. The molecule has 98 valence electrons. The molecule has 0 bridgehead atoms. The van der Waals surface area contributed by atoms with Gasteiger partial charge in [-0.1, -0.05) is 11.3 Å². The van der Waals surface area contributed by atoms with Crippen LogP contribution in [0.2, 0.25) is 0 Å². The van der Waals surface area contributed by atoms with Crippen molar-refractivity contribution in [1.29, 1.82) is 0 Å². The van der Waals surface area contributed by atoms with Crippen LogP contribution in [0.3, 0.4) is 0 Å². The molecule has 0 spiro atoms. The summed E-state index contributed by atoms with van der Waals surface area (Å²) in [7, 11) is -4.56. The van der Waals surface area contributed by atoms with Crippen LogP contribution < -0.4 is 0 Å². The number of sulfonamides is 1. The Bertz CT molecular complexity index is 600. The van der Waals surface area contributed by atoms with Crippen molar-refractivity contribution >= 4 is 33.4 Å². The van der Waals surface area contributed by atoms with E-state index in [2.05, 4.69) is 4.40 Å². The Kier molecular flexibility index (Phi) is 4.71. The number of hydrogen-bond acceptors (Lipinski definition) is 6. The lowest BCUT2D eigenvalue weighted by Gasteiger charge is -2.02. The summed E-state index contributed by atoms with van der Waals surface area (Å²) in [6, 6.07) is 0. The van der Waals surface area contributed by atoms with E-state index in [9.17, 15) is 22.4 Å². The van der Waals surface area contributed by atoms with E-state index in [1.165, 1.54) is 0 Å². The summed E-state index contributed by atoms with van der Waals surface area (Å²) in [5, 5.41) is 0.829. The number of carbonyl (C=O) groups excluding carboxylic acids is 2. The molecular weight excluding hydrogens is 285 g/mol. The summed E-state index contributed by atoms with van der Waals surface area (Å²) in [6.45, 7) is 1.82. The summed E-state index contributed by atoms with van der Waals surface area (Å²) in [6.07, 6.45) is 1.34. The molecule has 1 aromatic heterocycles. The number of esters is 1. The molecule has 0 N–H and O–H groups in total. The van der Waals surface area contributed by atoms with Gasteiger partial charge in [0.25, 0.3) is 16.1 Å². The second-order valence-corrected chi connectivity index (χ2v) is 5.46. The zero-order valence-corrected chi connectivity index (χ0v) is 10.8. The molecule has 0 aliphatic rings. The van der Waals surface area contributed by atoms with Gasteiger partial charge in [-0.2, -0.15) is 8.42 Å². The Balaban J connectivity index is 3.25. The van der Waals surface area contributed by atoms with Crippen LogP contribution in [-0.4, -0.2) is 27.1 Å². The van der Waals surface area contributed by atoms with Gasteiger partial charge in [-0.15, -0.1) is 11.3 Å². The second-order valence-electron chi connectivity index (χ2n) is 3.04. The second kappa shape index (κ2) is 5.85. The number of halogens is 1. The Hall–Kier alpha value is -1.57. The van der Waals surface area contributed by atoms with E-state index in [0.29, 0.717) is 17.8 Å². The van der Waals surface area contributed by atoms with Crippen LogP contribution in [0.25, 0.3) is 0 Å². The molecule has 0 saturated heterocycles. The van der Waals surface area contributed by atoms with Gasteiger partial charge in [0.2, 0.25) is 0 Å². The molecule has 0 atom stereocenters. The molecule has 9 heteroatoms. The molecule has 0 radical (unpaired) electrons. The number of thiophene rings is 1. The third-order valence-corrected chi connectivity index (χ3v) is 4.03. The summed E-state index contributed by atoms with van der Waals surface area (Å²) >= 11 is 0.569. The van der Waals surface area contributed by atoms with Crippen molar-refractivity contribution < 1.29 is 27.1 Å². The molecule has 1 heterocycles. The number of rotatable bonds is 5. The first-order valence-electron chi connectivity index (χ1n) is 4.72. The van der Waals surface area contributed by atoms with Gasteiger partial charge < -0.3 is 4.74 Å². The molecule has 0 unspecified atom stereocenters. The van der Waals surface area contributed by atoms with Crippen molar-refractivity contribution in [2.24, 2.45) is 4.40 Å². The zero-order chi connectivity index (χ0) is 13.8. The van der Waals surface area contributed by atoms with Gasteiger partial charge in [-0.3, -0.25) is 0 Å². The van der Waals surface area contributed by atoms with Crippen LogP contribution in [0.15, 0.2) is 14.7 Å². The minimum Gasteiger partial charge on any atom is -0.461 e. The fraction of sp³-hybridized carbons (Fsp3) is 0.333. The van der Waals surface area contributed by atoms with Crippen molar-refractivity contribution in [2.45, 2.75) is 18.2 Å². The number of hydrogen-bond donors (Lipinski definition) is 0. The third kappa shape index (κ3) is 3.00. The van der Waals surface area contributed by atoms with E-state index in [1.807, 2.05) is 0 Å². The zero-order valence-electron chi connectivity index (χ0n) is 9.17. The summed E-state index contributed by atoms with van der Waals surface area (Å²) in [4.78, 5) is 20.1. The van der Waals surface area contributed by atoms with E-state index in [4.69, 9.17) is 4.74 Å². The van der Waals surface area contributed by atoms with Crippen molar-refractivity contribution in [3.05, 3.63) is 16.1 Å². The molecule has 0 amide bonds. The topological polar surface area (TPSA) is 89.9 Å². The van der Waals surface area contributed by atoms with Crippen molar-refractivity contribution in [3.63, 3.8) is 0 Å². The van der Waals surface area contributed by atoms with Crippen LogP contribution >= 0.6 is 11.3 Å². The van der Waals surface area contributed by atoms with Crippen LogP contribution in [-0.2, 0) is 19.6 Å². The average molecular weight is 293 g/mol. The highest BCUT2D eigenvalue weighted by Crippen LogP contribution is 2.28. The quantitative estimate of drug-likeness (QED) is 0.466. The monoisotopic (exact) mass is 293 g/mol. The van der Waals surface area contributed by atoms with Crippen molar-refractivity contribution in [1.82, 2.24) is 0 Å². The van der Waals surface area contributed by atoms with Gasteiger partial charge in [0, 0.05) is 5.38 Å². The predicted molar refractivity (Wildman–Crippen MR) is 60.2 cm³/mol. The molecule has 0 saturated carbocycles. The molecule has 1 rings (SSSR count). The first-order chi connectivity index (χ1) is 8.44. The van der Waals surface area contributed by atoms with E-state index >= 15 is 0 Å². The molecule has 1 aromatic rings. The number of ether oxygens (including phenoxy) is 1. The standard InChI is InChI=1S/C9H8FNO5S2/c1-2-3-16-9(13)7-8(6(10)4-17-7)18(14,15)11-5-12/h4H,2-3H2,1H3. The van der Waals surface area contributed by atoms with Gasteiger partial charge in [-0.05, 0) is 6.42 Å². The largest absolute Gasteiger partial charge is 0.461 e. The van der Waals surface area contributed by atoms with Gasteiger partial charge >= 0.3 is 5.97 Å². The summed E-state index contributed by atoms with van der Waals surface area (Å²) < 4.78 is 43.4.